The summed E-state index contributed by atoms with van der Waals surface area (Å²) < 4.78 is 22.0. The monoisotopic (exact) mass is 699 g/mol. The van der Waals surface area contributed by atoms with Crippen molar-refractivity contribution >= 4 is 60.8 Å². The summed E-state index contributed by atoms with van der Waals surface area (Å²) >= 11 is 2.92. The van der Waals surface area contributed by atoms with Gasteiger partial charge in [-0.1, -0.05) is 29.5 Å². The molecule has 0 radical (unpaired) electrons. The molecule has 3 fully saturated rings. The zero-order chi connectivity index (χ0) is 33.9. The molecule has 2 aromatic carbocycles. The van der Waals surface area contributed by atoms with Gasteiger partial charge in [0.1, 0.15) is 0 Å². The van der Waals surface area contributed by atoms with Gasteiger partial charge in [-0.15, -0.1) is 21.5 Å². The number of nitrogens with zero attached hydrogens (tertiary/aromatic N) is 6. The number of rotatable bonds is 12. The van der Waals surface area contributed by atoms with Crippen LogP contribution in [0.4, 0.5) is 26.3 Å². The van der Waals surface area contributed by atoms with Crippen molar-refractivity contribution in [3.63, 3.8) is 0 Å². The predicted octanol–water partition coefficient (Wildman–Crippen LogP) is 7.51. The summed E-state index contributed by atoms with van der Waals surface area (Å²) in [6, 6.07) is 13.4. The van der Waals surface area contributed by atoms with E-state index in [4.69, 9.17) is 4.74 Å². The molecule has 4 heterocycles. The van der Waals surface area contributed by atoms with Crippen molar-refractivity contribution in [2.45, 2.75) is 57.3 Å². The number of para-hydroxylation sites is 1. The second-order valence-electron chi connectivity index (χ2n) is 14.1. The van der Waals surface area contributed by atoms with Crippen LogP contribution in [0.1, 0.15) is 64.2 Å². The van der Waals surface area contributed by atoms with Crippen LogP contribution in [0, 0.1) is 18.2 Å². The first-order chi connectivity index (χ1) is 23.6. The molecule has 3 aromatic heterocycles. The zero-order valence-electron chi connectivity index (χ0n) is 27.8. The summed E-state index contributed by atoms with van der Waals surface area (Å²) in [6.07, 6.45) is 6.05. The van der Waals surface area contributed by atoms with Crippen molar-refractivity contribution in [3.8, 4) is 5.75 Å². The van der Waals surface area contributed by atoms with Crippen LogP contribution in [-0.2, 0) is 18.3 Å². The van der Waals surface area contributed by atoms with Gasteiger partial charge in [0.2, 0.25) is 0 Å². The van der Waals surface area contributed by atoms with E-state index in [2.05, 4.69) is 44.5 Å². The number of ether oxygens (including phenoxy) is 1. The number of carbonyl (C=O) groups is 1. The van der Waals surface area contributed by atoms with Gasteiger partial charge in [0, 0.05) is 29.1 Å². The Labute approximate surface area is 292 Å². The highest BCUT2D eigenvalue weighted by Crippen LogP contribution is 2.73. The molecule has 3 saturated carbocycles. The number of aromatic carboxylic acids is 1. The number of halogens is 1. The molecule has 0 atom stereocenters. The molecule has 0 amide bonds. The number of benzene rings is 2. The average Bonchev–Trinajstić information content (AvgIpc) is 3.66. The quantitative estimate of drug-likeness (QED) is 0.127. The Morgan fingerprint density at radius 1 is 1.12 bits per heavy atom. The van der Waals surface area contributed by atoms with Gasteiger partial charge in [-0.2, -0.15) is 0 Å². The normalized spacial score (nSPS) is 21.0. The first kappa shape index (κ1) is 32.0. The van der Waals surface area contributed by atoms with Crippen LogP contribution in [-0.4, -0.2) is 69.9 Å². The Hall–Kier alpha value is -4.20. The highest BCUT2D eigenvalue weighted by molar-refractivity contribution is 7.22. The van der Waals surface area contributed by atoms with Gasteiger partial charge in [0.05, 0.1) is 16.8 Å². The molecule has 13 heteroatoms. The molecule has 10 nitrogen and oxygen atoms in total. The zero-order valence-corrected chi connectivity index (χ0v) is 29.4. The van der Waals surface area contributed by atoms with Gasteiger partial charge < -0.3 is 25.0 Å². The first-order valence-corrected chi connectivity index (χ1v) is 18.3. The topological polar surface area (TPSA) is 117 Å². The summed E-state index contributed by atoms with van der Waals surface area (Å²) in [4.78, 5) is 26.3. The van der Waals surface area contributed by atoms with Crippen molar-refractivity contribution in [2.24, 2.45) is 5.41 Å². The number of thiazole rings is 2. The van der Waals surface area contributed by atoms with Gasteiger partial charge in [0.25, 0.3) is 0 Å². The van der Waals surface area contributed by atoms with E-state index in [1.54, 1.807) is 23.5 Å². The molecular formula is C36H38FN7O3S2. The van der Waals surface area contributed by atoms with Crippen molar-refractivity contribution in [3.05, 3.63) is 75.5 Å². The third kappa shape index (κ3) is 5.81. The fraction of sp³-hybridized carbons (Fsp3) is 0.417. The van der Waals surface area contributed by atoms with E-state index in [-0.39, 0.29) is 29.3 Å². The standard InChI is InChI=1S/C36H38FN7O3S2/c1-21-23-8-6-14-44(31(23)42-41-30(21)40-33-38-25-9-4-5-10-27(25)48-33)34-39-29(32(45)46)28(49-34)11-7-15-47-26-13-12-22(16-24(26)37)36-17-35(18-36,19-36)20-43(2)3/h4-5,9-10,12-13,16H,6-8,11,14-15,17-20H2,1-3H3,(H,45,46)(H,38,40,41). The van der Waals surface area contributed by atoms with E-state index in [9.17, 15) is 9.90 Å². The summed E-state index contributed by atoms with van der Waals surface area (Å²) in [5.41, 5.74) is 4.61. The number of anilines is 4. The highest BCUT2D eigenvalue weighted by atomic mass is 32.1. The Morgan fingerprint density at radius 3 is 2.69 bits per heavy atom. The smallest absolute Gasteiger partial charge is 0.355 e. The lowest BCUT2D eigenvalue weighted by Gasteiger charge is -2.72. The lowest BCUT2D eigenvalue weighted by atomic mass is 9.33. The van der Waals surface area contributed by atoms with E-state index in [0.717, 1.165) is 70.7 Å². The number of aromatic nitrogens is 4. The molecular weight excluding hydrogens is 662 g/mol. The van der Waals surface area contributed by atoms with Gasteiger partial charge in [-0.3, -0.25) is 0 Å². The summed E-state index contributed by atoms with van der Waals surface area (Å²) in [5.74, 6) is 0.178. The molecule has 5 aromatic rings. The van der Waals surface area contributed by atoms with Crippen molar-refractivity contribution in [1.82, 2.24) is 25.1 Å². The molecule has 0 saturated heterocycles. The third-order valence-electron chi connectivity index (χ3n) is 10.2. The Morgan fingerprint density at radius 2 is 1.94 bits per heavy atom. The van der Waals surface area contributed by atoms with Crippen molar-refractivity contribution in [1.29, 1.82) is 0 Å². The Kier molecular flexibility index (Phi) is 8.03. The van der Waals surface area contributed by atoms with Crippen LogP contribution >= 0.6 is 22.7 Å². The predicted molar refractivity (Wildman–Crippen MR) is 191 cm³/mol. The largest absolute Gasteiger partial charge is 0.491 e. The lowest BCUT2D eigenvalue weighted by Crippen LogP contribution is -2.67. The van der Waals surface area contributed by atoms with E-state index in [1.807, 2.05) is 42.2 Å². The number of carboxylic acid groups (broad SMARTS) is 1. The molecule has 0 spiro atoms. The van der Waals surface area contributed by atoms with Crippen molar-refractivity contribution < 1.29 is 19.0 Å². The van der Waals surface area contributed by atoms with Crippen molar-refractivity contribution in [2.75, 3.05) is 44.0 Å². The van der Waals surface area contributed by atoms with Crippen LogP contribution in [0.25, 0.3) is 10.2 Å². The molecule has 2 bridgehead atoms. The number of hydrogen-bond donors (Lipinski definition) is 2. The molecule has 2 N–H and O–H groups in total. The van der Waals surface area contributed by atoms with E-state index in [1.165, 1.54) is 11.3 Å². The van der Waals surface area contributed by atoms with Crippen LogP contribution in [0.15, 0.2) is 42.5 Å². The van der Waals surface area contributed by atoms with Crippen LogP contribution in [0.5, 0.6) is 5.75 Å². The number of carboxylic acids is 1. The number of aryl methyl sites for hydroxylation is 1. The maximum absolute atomic E-state index is 15.1. The average molecular weight is 700 g/mol. The summed E-state index contributed by atoms with van der Waals surface area (Å²) in [5, 5.41) is 23.8. The lowest BCUT2D eigenvalue weighted by molar-refractivity contribution is -0.151. The molecule has 4 aliphatic rings. The van der Waals surface area contributed by atoms with Gasteiger partial charge in [-0.25, -0.2) is 19.2 Å². The molecule has 1 aliphatic heterocycles. The molecule has 3 aliphatic carbocycles. The third-order valence-corrected chi connectivity index (χ3v) is 12.3. The molecule has 0 unspecified atom stereocenters. The maximum Gasteiger partial charge on any atom is 0.355 e. The minimum absolute atomic E-state index is 0.0343. The fourth-order valence-electron chi connectivity index (χ4n) is 8.21. The van der Waals surface area contributed by atoms with Crippen LogP contribution in [0.2, 0.25) is 0 Å². The van der Waals surface area contributed by atoms with E-state index >= 15 is 4.39 Å². The Balaban J connectivity index is 0.921. The minimum atomic E-state index is -1.07. The SMILES string of the molecule is Cc1c(Nc2nc3ccccc3s2)nnc2c1CCCN2c1nc(C(=O)O)c(CCCOc2ccc(C34CC(CN(C)C)(C3)C4)cc2F)s1. The van der Waals surface area contributed by atoms with Crippen LogP contribution in [0.3, 0.4) is 0 Å². The first-order valence-electron chi connectivity index (χ1n) is 16.7. The van der Waals surface area contributed by atoms with Crippen LogP contribution < -0.4 is 15.0 Å². The molecule has 9 rings (SSSR count). The maximum atomic E-state index is 15.1. The Bertz CT molecular complexity index is 2030. The fourth-order valence-corrected chi connectivity index (χ4v) is 10.2. The second-order valence-corrected chi connectivity index (χ2v) is 16.2. The molecule has 49 heavy (non-hydrogen) atoms. The summed E-state index contributed by atoms with van der Waals surface area (Å²) in [7, 11) is 4.22. The molecule has 254 valence electrons. The second kappa shape index (κ2) is 12.3. The number of nitrogens with one attached hydrogen (secondary N) is 1. The highest BCUT2D eigenvalue weighted by Gasteiger charge is 2.67. The van der Waals surface area contributed by atoms with Gasteiger partial charge >= 0.3 is 5.97 Å². The summed E-state index contributed by atoms with van der Waals surface area (Å²) in [6.45, 7) is 4.04. The van der Waals surface area contributed by atoms with Gasteiger partial charge in [-0.05, 0) is 107 Å². The number of fused-ring (bicyclic) bond motifs is 2. The minimum Gasteiger partial charge on any atom is -0.491 e. The van der Waals surface area contributed by atoms with E-state index < -0.39 is 5.97 Å². The van der Waals surface area contributed by atoms with E-state index in [0.29, 0.717) is 46.4 Å². The van der Waals surface area contributed by atoms with Gasteiger partial charge in [0.15, 0.2) is 39.2 Å². The number of hydrogen-bond acceptors (Lipinski definition) is 11.